The average molecular weight is 428 g/mol. The van der Waals surface area contributed by atoms with Crippen molar-refractivity contribution in [2.24, 2.45) is 0 Å². The number of benzene rings is 2. The van der Waals surface area contributed by atoms with Crippen molar-refractivity contribution in [3.63, 3.8) is 0 Å². The summed E-state index contributed by atoms with van der Waals surface area (Å²) in [5.41, 5.74) is 6.84. The van der Waals surface area contributed by atoms with Crippen molar-refractivity contribution in [2.45, 2.75) is 19.8 Å². The average Bonchev–Trinajstić information content (AvgIpc) is 2.75. The fourth-order valence-corrected chi connectivity index (χ4v) is 2.48. The van der Waals surface area contributed by atoms with E-state index in [0.29, 0.717) is 11.7 Å². The zero-order valence-electron chi connectivity index (χ0n) is 17.1. The van der Waals surface area contributed by atoms with Gasteiger partial charge in [-0.15, -0.1) is 0 Å². The molecule has 0 aliphatic heterocycles. The molecule has 8 heteroatoms. The monoisotopic (exact) mass is 427 g/mol. The van der Waals surface area contributed by atoms with Gasteiger partial charge in [-0.1, -0.05) is 38.1 Å². The van der Waals surface area contributed by atoms with E-state index in [1.165, 1.54) is 11.6 Å². The second-order valence-electron chi connectivity index (χ2n) is 6.61. The number of nitrogens with one attached hydrogen (secondary N) is 3. The van der Waals surface area contributed by atoms with E-state index in [1.807, 2.05) is 36.4 Å². The zero-order chi connectivity index (χ0) is 21.9. The molecule has 158 valence electrons. The normalized spacial score (nSPS) is 10.5. The predicted molar refractivity (Wildman–Crippen MR) is 120 cm³/mol. The lowest BCUT2D eigenvalue weighted by molar-refractivity contribution is -0.123. The second kappa shape index (κ2) is 11.6. The lowest BCUT2D eigenvalue weighted by atomic mass is 10.0. The number of amides is 2. The van der Waals surface area contributed by atoms with E-state index in [0.717, 1.165) is 11.3 Å². The fraction of sp³-hybridized carbons (Fsp3) is 0.227. The Morgan fingerprint density at radius 3 is 2.23 bits per heavy atom. The third-order valence-electron chi connectivity index (χ3n) is 4.01. The standard InChI is InChI=1S/C22H25N3O4S/c1-15(2)17-7-11-19(12-8-17)29-14-21(27)24-25-22(30)23-20(26)13-6-16-4-9-18(28-3)10-5-16/h4-13,15H,14H2,1-3H3,(H,24,27)(H2,23,25,26,30). The molecular weight excluding hydrogens is 402 g/mol. The van der Waals surface area contributed by atoms with E-state index >= 15 is 0 Å². The first-order valence-electron chi connectivity index (χ1n) is 9.32. The van der Waals surface area contributed by atoms with Crippen LogP contribution in [0.1, 0.15) is 30.9 Å². The number of hydrogen-bond donors (Lipinski definition) is 3. The molecule has 30 heavy (non-hydrogen) atoms. The van der Waals surface area contributed by atoms with Crippen LogP contribution in [0, 0.1) is 0 Å². The molecule has 0 aliphatic carbocycles. The van der Waals surface area contributed by atoms with Gasteiger partial charge in [-0.2, -0.15) is 0 Å². The summed E-state index contributed by atoms with van der Waals surface area (Å²) < 4.78 is 10.5. The van der Waals surface area contributed by atoms with Gasteiger partial charge in [0.25, 0.3) is 5.91 Å². The summed E-state index contributed by atoms with van der Waals surface area (Å²) in [6.45, 7) is 4.01. The SMILES string of the molecule is COc1ccc(C=CC(=O)NC(=S)NNC(=O)COc2ccc(C(C)C)cc2)cc1. The first kappa shape index (κ1) is 22.9. The topological polar surface area (TPSA) is 88.7 Å². The summed E-state index contributed by atoms with van der Waals surface area (Å²) >= 11 is 4.98. The molecule has 2 aromatic rings. The molecule has 0 aliphatic rings. The van der Waals surface area contributed by atoms with Crippen LogP contribution < -0.4 is 25.6 Å². The highest BCUT2D eigenvalue weighted by molar-refractivity contribution is 7.80. The van der Waals surface area contributed by atoms with Crippen molar-refractivity contribution in [2.75, 3.05) is 13.7 Å². The van der Waals surface area contributed by atoms with Gasteiger partial charge in [0.15, 0.2) is 11.7 Å². The third kappa shape index (κ3) is 7.92. The highest BCUT2D eigenvalue weighted by Gasteiger charge is 2.06. The molecule has 0 aromatic heterocycles. The molecule has 2 aromatic carbocycles. The first-order chi connectivity index (χ1) is 14.4. The van der Waals surface area contributed by atoms with Crippen LogP contribution in [0.4, 0.5) is 0 Å². The van der Waals surface area contributed by atoms with Gasteiger partial charge in [-0.25, -0.2) is 0 Å². The fourth-order valence-electron chi connectivity index (χ4n) is 2.33. The van der Waals surface area contributed by atoms with Crippen LogP contribution in [0.2, 0.25) is 0 Å². The van der Waals surface area contributed by atoms with Crippen molar-refractivity contribution in [3.8, 4) is 11.5 Å². The van der Waals surface area contributed by atoms with E-state index in [4.69, 9.17) is 21.7 Å². The van der Waals surface area contributed by atoms with E-state index in [1.54, 1.807) is 25.3 Å². The largest absolute Gasteiger partial charge is 0.497 e. The Balaban J connectivity index is 1.69. The maximum absolute atomic E-state index is 11.9. The Morgan fingerprint density at radius 2 is 1.63 bits per heavy atom. The Labute approximate surface area is 181 Å². The minimum absolute atomic E-state index is 0.0333. The van der Waals surface area contributed by atoms with Gasteiger partial charge in [-0.05, 0) is 59.6 Å². The van der Waals surface area contributed by atoms with Crippen LogP contribution in [-0.2, 0) is 9.59 Å². The van der Waals surface area contributed by atoms with Crippen molar-refractivity contribution in [1.29, 1.82) is 0 Å². The highest BCUT2D eigenvalue weighted by Crippen LogP contribution is 2.18. The molecule has 3 N–H and O–H groups in total. The quantitative estimate of drug-likeness (QED) is 0.358. The van der Waals surface area contributed by atoms with E-state index < -0.39 is 11.8 Å². The number of thiocarbonyl (C=S) groups is 1. The molecule has 0 radical (unpaired) electrons. The van der Waals surface area contributed by atoms with Gasteiger partial charge in [0.2, 0.25) is 5.91 Å². The summed E-state index contributed by atoms with van der Waals surface area (Å²) in [4.78, 5) is 23.7. The summed E-state index contributed by atoms with van der Waals surface area (Å²) in [6, 6.07) is 14.8. The summed E-state index contributed by atoms with van der Waals surface area (Å²) in [5.74, 6) is 0.879. The van der Waals surface area contributed by atoms with Crippen LogP contribution in [0.3, 0.4) is 0 Å². The number of carbonyl (C=O) groups excluding carboxylic acids is 2. The maximum Gasteiger partial charge on any atom is 0.276 e. The smallest absolute Gasteiger partial charge is 0.276 e. The Morgan fingerprint density at radius 1 is 1.00 bits per heavy atom. The molecule has 0 heterocycles. The van der Waals surface area contributed by atoms with Gasteiger partial charge in [0, 0.05) is 6.08 Å². The Hall–Kier alpha value is -3.39. The second-order valence-corrected chi connectivity index (χ2v) is 7.02. The van der Waals surface area contributed by atoms with E-state index in [-0.39, 0.29) is 11.7 Å². The van der Waals surface area contributed by atoms with Crippen molar-refractivity contribution in [1.82, 2.24) is 16.2 Å². The predicted octanol–water partition coefficient (Wildman–Crippen LogP) is 2.93. The van der Waals surface area contributed by atoms with Gasteiger partial charge in [0.05, 0.1) is 7.11 Å². The minimum atomic E-state index is -0.437. The molecule has 2 rings (SSSR count). The lowest BCUT2D eigenvalue weighted by Gasteiger charge is -2.11. The van der Waals surface area contributed by atoms with Crippen molar-refractivity contribution in [3.05, 3.63) is 65.7 Å². The van der Waals surface area contributed by atoms with Gasteiger partial charge < -0.3 is 9.47 Å². The molecule has 0 saturated carbocycles. The molecule has 0 atom stereocenters. The Bertz CT molecular complexity index is 894. The van der Waals surface area contributed by atoms with Crippen LogP contribution in [-0.4, -0.2) is 30.6 Å². The number of carbonyl (C=O) groups is 2. The lowest BCUT2D eigenvalue weighted by Crippen LogP contribution is -2.49. The maximum atomic E-state index is 11.9. The Kier molecular flexibility index (Phi) is 8.83. The van der Waals surface area contributed by atoms with Crippen LogP contribution in [0.5, 0.6) is 11.5 Å². The van der Waals surface area contributed by atoms with Crippen LogP contribution in [0.15, 0.2) is 54.6 Å². The van der Waals surface area contributed by atoms with Crippen molar-refractivity contribution < 1.29 is 19.1 Å². The van der Waals surface area contributed by atoms with Crippen LogP contribution >= 0.6 is 12.2 Å². The van der Waals surface area contributed by atoms with E-state index in [2.05, 4.69) is 30.0 Å². The number of hydrazine groups is 1. The van der Waals surface area contributed by atoms with Gasteiger partial charge in [-0.3, -0.25) is 25.8 Å². The molecule has 2 amide bonds. The van der Waals surface area contributed by atoms with Gasteiger partial charge in [0.1, 0.15) is 11.5 Å². The molecular formula is C22H25N3O4S. The molecule has 7 nitrogen and oxygen atoms in total. The van der Waals surface area contributed by atoms with Crippen LogP contribution in [0.25, 0.3) is 6.08 Å². The minimum Gasteiger partial charge on any atom is -0.497 e. The number of hydrogen-bond acceptors (Lipinski definition) is 5. The number of methoxy groups -OCH3 is 1. The number of rotatable bonds is 7. The summed E-state index contributed by atoms with van der Waals surface area (Å²) in [6.07, 6.45) is 2.97. The number of ether oxygens (including phenoxy) is 2. The third-order valence-corrected chi connectivity index (χ3v) is 4.22. The van der Waals surface area contributed by atoms with E-state index in [9.17, 15) is 9.59 Å². The molecule has 0 fully saturated rings. The summed E-state index contributed by atoms with van der Waals surface area (Å²) in [5, 5.41) is 2.40. The highest BCUT2D eigenvalue weighted by atomic mass is 32.1. The van der Waals surface area contributed by atoms with Gasteiger partial charge >= 0.3 is 0 Å². The molecule has 0 spiro atoms. The molecule has 0 saturated heterocycles. The van der Waals surface area contributed by atoms with Crippen molar-refractivity contribution >= 4 is 35.2 Å². The summed E-state index contributed by atoms with van der Waals surface area (Å²) in [7, 11) is 1.58. The first-order valence-corrected chi connectivity index (χ1v) is 9.73. The molecule has 0 bridgehead atoms. The zero-order valence-corrected chi connectivity index (χ0v) is 17.9. The molecule has 0 unspecified atom stereocenters.